The lowest BCUT2D eigenvalue weighted by Crippen LogP contribution is -2.76. The third-order valence-corrected chi connectivity index (χ3v) is 4.61. The van der Waals surface area contributed by atoms with Gasteiger partial charge in [-0.3, -0.25) is 4.79 Å². The van der Waals surface area contributed by atoms with Crippen LogP contribution in [0.1, 0.15) is 38.1 Å². The molecule has 0 heterocycles. The minimum Gasteiger partial charge on any atom is -0.348 e. The second-order valence-corrected chi connectivity index (χ2v) is 6.78. The molecule has 1 aromatic carbocycles. The zero-order valence-corrected chi connectivity index (χ0v) is 12.4. The maximum absolute atomic E-state index is 13.2. The van der Waals surface area contributed by atoms with E-state index in [1.165, 1.54) is 0 Å². The first kappa shape index (κ1) is 15.8. The average Bonchev–Trinajstić information content (AvgIpc) is 2.39. The van der Waals surface area contributed by atoms with Gasteiger partial charge in [-0.15, -0.1) is 0 Å². The molecule has 3 N–H and O–H groups in total. The number of halogens is 3. The lowest BCUT2D eigenvalue weighted by atomic mass is 9.48. The van der Waals surface area contributed by atoms with Gasteiger partial charge in [-0.25, -0.2) is 13.2 Å². The van der Waals surface area contributed by atoms with Crippen LogP contribution in [0, 0.1) is 28.3 Å². The van der Waals surface area contributed by atoms with Crippen molar-refractivity contribution in [1.82, 2.24) is 5.32 Å². The van der Waals surface area contributed by atoms with Gasteiger partial charge in [0.2, 0.25) is 0 Å². The van der Waals surface area contributed by atoms with E-state index < -0.39 is 23.4 Å². The van der Waals surface area contributed by atoms with E-state index in [-0.39, 0.29) is 28.5 Å². The summed E-state index contributed by atoms with van der Waals surface area (Å²) in [5.41, 5.74) is 5.16. The number of benzene rings is 1. The van der Waals surface area contributed by atoms with Crippen molar-refractivity contribution >= 4 is 5.91 Å². The molecule has 0 aromatic heterocycles. The van der Waals surface area contributed by atoms with Crippen LogP contribution >= 0.6 is 0 Å². The van der Waals surface area contributed by atoms with Gasteiger partial charge in [-0.2, -0.15) is 0 Å². The van der Waals surface area contributed by atoms with Crippen LogP contribution in [0.5, 0.6) is 0 Å². The van der Waals surface area contributed by atoms with Gasteiger partial charge >= 0.3 is 0 Å². The molecule has 1 aromatic rings. The van der Waals surface area contributed by atoms with Gasteiger partial charge in [0, 0.05) is 28.5 Å². The second-order valence-electron chi connectivity index (χ2n) is 6.78. The first-order valence-electron chi connectivity index (χ1n) is 6.70. The number of hydrogen-bond acceptors (Lipinski definition) is 2. The largest absolute Gasteiger partial charge is 0.348 e. The average molecular weight is 300 g/mol. The number of carbonyl (C=O) groups is 1. The Labute approximate surface area is 121 Å². The minimum absolute atomic E-state index is 0.114. The molecule has 0 spiro atoms. The van der Waals surface area contributed by atoms with E-state index >= 15 is 0 Å². The van der Waals surface area contributed by atoms with Gasteiger partial charge in [0.15, 0.2) is 17.5 Å². The number of nitrogens with two attached hydrogens (primary N) is 1. The number of amides is 1. The summed E-state index contributed by atoms with van der Waals surface area (Å²) in [7, 11) is 0. The fourth-order valence-corrected chi connectivity index (χ4v) is 3.45. The molecule has 1 saturated carbocycles. The minimum atomic E-state index is -1.59. The first-order valence-corrected chi connectivity index (χ1v) is 6.70. The Balaban J connectivity index is 2.23. The molecule has 1 aliphatic rings. The normalized spacial score (nSPS) is 26.1. The molecule has 2 rings (SSSR count). The highest BCUT2D eigenvalue weighted by atomic mass is 19.2. The summed E-state index contributed by atoms with van der Waals surface area (Å²) >= 11 is 0. The molecular formula is C15H19F3N2O. The number of rotatable bonds is 2. The Morgan fingerprint density at radius 1 is 1.10 bits per heavy atom. The predicted molar refractivity (Wildman–Crippen MR) is 73.1 cm³/mol. The molecular weight excluding hydrogens is 281 g/mol. The van der Waals surface area contributed by atoms with Crippen LogP contribution in [-0.4, -0.2) is 18.0 Å². The number of nitrogens with one attached hydrogen (secondary N) is 1. The first-order chi connectivity index (χ1) is 9.49. The molecule has 1 fully saturated rings. The van der Waals surface area contributed by atoms with Crippen molar-refractivity contribution in [3.8, 4) is 0 Å². The quantitative estimate of drug-likeness (QED) is 0.825. The topological polar surface area (TPSA) is 55.1 Å². The molecule has 21 heavy (non-hydrogen) atoms. The molecule has 0 radical (unpaired) electrons. The van der Waals surface area contributed by atoms with Gasteiger partial charge < -0.3 is 11.1 Å². The number of hydrogen-bond donors (Lipinski definition) is 2. The summed E-state index contributed by atoms with van der Waals surface area (Å²) in [6, 6.07) is 1.01. The van der Waals surface area contributed by atoms with E-state index in [2.05, 4.69) is 5.32 Å². The van der Waals surface area contributed by atoms with Crippen LogP contribution in [0.15, 0.2) is 12.1 Å². The Morgan fingerprint density at radius 2 is 1.52 bits per heavy atom. The van der Waals surface area contributed by atoms with E-state index in [1.807, 2.05) is 27.7 Å². The Morgan fingerprint density at radius 3 is 1.95 bits per heavy atom. The highest BCUT2D eigenvalue weighted by molar-refractivity contribution is 5.94. The van der Waals surface area contributed by atoms with Crippen LogP contribution in [0.2, 0.25) is 0 Å². The van der Waals surface area contributed by atoms with Gasteiger partial charge in [-0.05, 0) is 12.1 Å². The lowest BCUT2D eigenvalue weighted by molar-refractivity contribution is -0.0663. The van der Waals surface area contributed by atoms with E-state index in [4.69, 9.17) is 5.73 Å². The van der Waals surface area contributed by atoms with Crippen LogP contribution in [0.25, 0.3) is 0 Å². The molecule has 6 heteroatoms. The van der Waals surface area contributed by atoms with Crippen molar-refractivity contribution < 1.29 is 18.0 Å². The van der Waals surface area contributed by atoms with Crippen LogP contribution in [0.3, 0.4) is 0 Å². The van der Waals surface area contributed by atoms with Crippen molar-refractivity contribution in [2.24, 2.45) is 16.6 Å². The van der Waals surface area contributed by atoms with Crippen LogP contribution in [-0.2, 0) is 0 Å². The third kappa shape index (κ3) is 2.31. The highest BCUT2D eigenvalue weighted by Crippen LogP contribution is 2.52. The van der Waals surface area contributed by atoms with Crippen molar-refractivity contribution in [3.05, 3.63) is 35.1 Å². The smallest absolute Gasteiger partial charge is 0.251 e. The summed E-state index contributed by atoms with van der Waals surface area (Å²) in [6.45, 7) is 7.67. The predicted octanol–water partition coefficient (Wildman–Crippen LogP) is 2.60. The highest BCUT2D eigenvalue weighted by Gasteiger charge is 2.60. The molecule has 1 aliphatic carbocycles. The Hall–Kier alpha value is -1.56. The standard InChI is InChI=1S/C15H19F3N2O/c1-14(2)12(19)15(3,4)13(14)20-11(21)7-5-8(16)10(18)9(17)6-7/h5-6,12-13H,19H2,1-4H3,(H,20,21). The zero-order valence-electron chi connectivity index (χ0n) is 12.4. The van der Waals surface area contributed by atoms with E-state index in [1.54, 1.807) is 0 Å². The van der Waals surface area contributed by atoms with E-state index in [0.717, 1.165) is 0 Å². The second kappa shape index (κ2) is 4.73. The number of carbonyl (C=O) groups excluding carboxylic acids is 1. The van der Waals surface area contributed by atoms with Gasteiger partial charge in [0.05, 0.1) is 0 Å². The fourth-order valence-electron chi connectivity index (χ4n) is 3.45. The summed E-state index contributed by atoms with van der Waals surface area (Å²) in [5, 5.41) is 2.74. The van der Waals surface area contributed by atoms with Crippen LogP contribution < -0.4 is 11.1 Å². The Kier molecular flexibility index (Phi) is 3.56. The fraction of sp³-hybridized carbons (Fsp3) is 0.533. The molecule has 1 amide bonds. The van der Waals surface area contributed by atoms with E-state index in [0.29, 0.717) is 12.1 Å². The molecule has 0 unspecified atom stereocenters. The molecule has 0 bridgehead atoms. The van der Waals surface area contributed by atoms with Crippen LogP contribution in [0.4, 0.5) is 13.2 Å². The third-order valence-electron chi connectivity index (χ3n) is 4.61. The Bertz CT molecular complexity index is 560. The SMILES string of the molecule is CC1(C)C(N)C(C)(C)C1NC(=O)c1cc(F)c(F)c(F)c1. The summed E-state index contributed by atoms with van der Waals surface area (Å²) < 4.78 is 39.3. The summed E-state index contributed by atoms with van der Waals surface area (Å²) in [4.78, 5) is 12.1. The lowest BCUT2D eigenvalue weighted by Gasteiger charge is -2.62. The summed E-state index contributed by atoms with van der Waals surface area (Å²) in [5.74, 6) is -5.00. The van der Waals surface area contributed by atoms with E-state index in [9.17, 15) is 18.0 Å². The van der Waals surface area contributed by atoms with Crippen molar-refractivity contribution in [2.45, 2.75) is 39.8 Å². The van der Waals surface area contributed by atoms with Gasteiger partial charge in [-0.1, -0.05) is 27.7 Å². The molecule has 116 valence electrons. The zero-order chi connectivity index (χ0) is 16.2. The molecule has 0 saturated heterocycles. The van der Waals surface area contributed by atoms with Crippen molar-refractivity contribution in [3.63, 3.8) is 0 Å². The van der Waals surface area contributed by atoms with Crippen molar-refractivity contribution in [2.75, 3.05) is 0 Å². The summed E-state index contributed by atoms with van der Waals surface area (Å²) in [6.07, 6.45) is 0. The monoisotopic (exact) mass is 300 g/mol. The maximum atomic E-state index is 13.2. The van der Waals surface area contributed by atoms with Gasteiger partial charge in [0.1, 0.15) is 0 Å². The molecule has 3 nitrogen and oxygen atoms in total. The molecule has 0 atom stereocenters. The maximum Gasteiger partial charge on any atom is 0.251 e. The molecule has 0 aliphatic heterocycles. The van der Waals surface area contributed by atoms with Crippen molar-refractivity contribution in [1.29, 1.82) is 0 Å². The van der Waals surface area contributed by atoms with Gasteiger partial charge in [0.25, 0.3) is 5.91 Å².